The van der Waals surface area contributed by atoms with Gasteiger partial charge in [0.1, 0.15) is 0 Å². The van der Waals surface area contributed by atoms with Crippen molar-refractivity contribution in [3.8, 4) is 0 Å². The van der Waals surface area contributed by atoms with Crippen LogP contribution in [-0.2, 0) is 0 Å². The zero-order valence-corrected chi connectivity index (χ0v) is 9.02. The lowest BCUT2D eigenvalue weighted by molar-refractivity contribution is 0.676. The maximum Gasteiger partial charge on any atom is 0.0389 e. The van der Waals surface area contributed by atoms with Crippen LogP contribution in [-0.4, -0.2) is 12.8 Å². The summed E-state index contributed by atoms with van der Waals surface area (Å²) < 4.78 is 0. The van der Waals surface area contributed by atoms with E-state index in [4.69, 9.17) is 0 Å². The summed E-state index contributed by atoms with van der Waals surface area (Å²) >= 11 is 1.72. The summed E-state index contributed by atoms with van der Waals surface area (Å²) in [6, 6.07) is 2.10. The van der Waals surface area contributed by atoms with Gasteiger partial charge in [-0.2, -0.15) is 11.3 Å². The monoisotopic (exact) mass is 195 g/mol. The molecule has 0 saturated heterocycles. The fourth-order valence-corrected chi connectivity index (χ4v) is 1.76. The van der Waals surface area contributed by atoms with Crippen LogP contribution in [0.3, 0.4) is 0 Å². The molecule has 1 aromatic heterocycles. The molecule has 2 heteroatoms. The van der Waals surface area contributed by atoms with Crippen LogP contribution in [0.1, 0.15) is 38.2 Å². The molecule has 0 spiro atoms. The normalized spacial score (nSPS) is 11.2. The van der Waals surface area contributed by atoms with E-state index in [1.807, 2.05) is 6.21 Å². The molecule has 0 unspecified atom stereocenters. The third-order valence-electron chi connectivity index (χ3n) is 1.92. The summed E-state index contributed by atoms with van der Waals surface area (Å²) in [6.07, 6.45) is 7.16. The van der Waals surface area contributed by atoms with Crippen LogP contribution in [0.2, 0.25) is 0 Å². The van der Waals surface area contributed by atoms with E-state index in [1.54, 1.807) is 11.3 Å². The van der Waals surface area contributed by atoms with Gasteiger partial charge in [0.25, 0.3) is 0 Å². The molecule has 1 heterocycles. The van der Waals surface area contributed by atoms with E-state index >= 15 is 0 Å². The summed E-state index contributed by atoms with van der Waals surface area (Å²) in [6.45, 7) is 3.21. The van der Waals surface area contributed by atoms with E-state index in [0.29, 0.717) is 0 Å². The van der Waals surface area contributed by atoms with Gasteiger partial charge in [0.05, 0.1) is 0 Å². The van der Waals surface area contributed by atoms with Gasteiger partial charge >= 0.3 is 0 Å². The van der Waals surface area contributed by atoms with Crippen molar-refractivity contribution in [3.05, 3.63) is 22.4 Å². The maximum atomic E-state index is 4.37. The first-order chi connectivity index (χ1) is 6.43. The highest BCUT2D eigenvalue weighted by Gasteiger charge is 1.86. The summed E-state index contributed by atoms with van der Waals surface area (Å²) in [5.41, 5.74) is 1.24. The first kappa shape index (κ1) is 10.5. The Balaban J connectivity index is 2.05. The topological polar surface area (TPSA) is 12.4 Å². The average molecular weight is 195 g/mol. The molecule has 0 aliphatic heterocycles. The highest BCUT2D eigenvalue weighted by Crippen LogP contribution is 2.03. The SMILES string of the molecule is CCCCCCN=Cc1ccsc1. The first-order valence-corrected chi connectivity index (χ1v) is 5.90. The number of rotatable bonds is 6. The van der Waals surface area contributed by atoms with Gasteiger partial charge in [-0.15, -0.1) is 0 Å². The van der Waals surface area contributed by atoms with Gasteiger partial charge in [0.2, 0.25) is 0 Å². The molecule has 1 nitrogen and oxygen atoms in total. The lowest BCUT2D eigenvalue weighted by Crippen LogP contribution is -1.83. The van der Waals surface area contributed by atoms with Crippen molar-refractivity contribution >= 4 is 17.6 Å². The maximum absolute atomic E-state index is 4.37. The molecule has 0 aromatic carbocycles. The molecule has 0 bridgehead atoms. The molecular formula is C11H17NS. The molecule has 0 radical (unpaired) electrons. The van der Waals surface area contributed by atoms with Crippen LogP contribution < -0.4 is 0 Å². The summed E-state index contributed by atoms with van der Waals surface area (Å²) in [4.78, 5) is 4.37. The van der Waals surface area contributed by atoms with Crippen molar-refractivity contribution in [2.45, 2.75) is 32.6 Å². The largest absolute Gasteiger partial charge is 0.293 e. The highest BCUT2D eigenvalue weighted by molar-refractivity contribution is 7.08. The fraction of sp³-hybridized carbons (Fsp3) is 0.545. The van der Waals surface area contributed by atoms with Crippen molar-refractivity contribution in [1.29, 1.82) is 0 Å². The van der Waals surface area contributed by atoms with Crippen LogP contribution in [0.4, 0.5) is 0 Å². The van der Waals surface area contributed by atoms with E-state index in [9.17, 15) is 0 Å². The van der Waals surface area contributed by atoms with Crippen LogP contribution >= 0.6 is 11.3 Å². The van der Waals surface area contributed by atoms with Crippen LogP contribution in [0.25, 0.3) is 0 Å². The average Bonchev–Trinajstić information content (AvgIpc) is 2.63. The molecule has 1 aromatic rings. The number of aliphatic imine (C=N–C) groups is 1. The quantitative estimate of drug-likeness (QED) is 0.484. The second-order valence-corrected chi connectivity index (χ2v) is 3.93. The van der Waals surface area contributed by atoms with E-state index < -0.39 is 0 Å². The number of nitrogens with zero attached hydrogens (tertiary/aromatic N) is 1. The van der Waals surface area contributed by atoms with Gasteiger partial charge in [-0.25, -0.2) is 0 Å². The highest BCUT2D eigenvalue weighted by atomic mass is 32.1. The molecule has 13 heavy (non-hydrogen) atoms. The minimum atomic E-state index is 0.982. The lowest BCUT2D eigenvalue weighted by atomic mass is 10.2. The van der Waals surface area contributed by atoms with E-state index in [2.05, 4.69) is 28.7 Å². The molecule has 0 amide bonds. The molecule has 1 rings (SSSR count). The molecular weight excluding hydrogens is 178 g/mol. The van der Waals surface area contributed by atoms with E-state index in [-0.39, 0.29) is 0 Å². The van der Waals surface area contributed by atoms with Gasteiger partial charge in [0, 0.05) is 18.3 Å². The van der Waals surface area contributed by atoms with E-state index in [0.717, 1.165) is 6.54 Å². The Kier molecular flexibility index (Phi) is 5.50. The zero-order valence-electron chi connectivity index (χ0n) is 8.20. The number of hydrogen-bond acceptors (Lipinski definition) is 2. The van der Waals surface area contributed by atoms with Crippen LogP contribution in [0, 0.1) is 0 Å². The third kappa shape index (κ3) is 4.83. The fourth-order valence-electron chi connectivity index (χ4n) is 1.15. The molecule has 0 fully saturated rings. The summed E-state index contributed by atoms with van der Waals surface area (Å²) in [5, 5.41) is 4.20. The predicted molar refractivity (Wildman–Crippen MR) is 60.9 cm³/mol. The molecule has 0 aliphatic carbocycles. The van der Waals surface area contributed by atoms with Crippen molar-refractivity contribution in [2.75, 3.05) is 6.54 Å². The molecule has 0 aliphatic rings. The Hall–Kier alpha value is -0.630. The first-order valence-electron chi connectivity index (χ1n) is 4.95. The number of unbranched alkanes of at least 4 members (excludes halogenated alkanes) is 3. The van der Waals surface area contributed by atoms with Crippen molar-refractivity contribution < 1.29 is 0 Å². The van der Waals surface area contributed by atoms with Gasteiger partial charge in [-0.1, -0.05) is 26.2 Å². The predicted octanol–water partition coefficient (Wildman–Crippen LogP) is 3.75. The Morgan fingerprint density at radius 1 is 1.38 bits per heavy atom. The minimum absolute atomic E-state index is 0.982. The number of thiophene rings is 1. The minimum Gasteiger partial charge on any atom is -0.293 e. The molecule has 0 saturated carbocycles. The molecule has 0 N–H and O–H groups in total. The van der Waals surface area contributed by atoms with Gasteiger partial charge < -0.3 is 0 Å². The second kappa shape index (κ2) is 6.84. The van der Waals surface area contributed by atoms with Crippen molar-refractivity contribution in [3.63, 3.8) is 0 Å². The van der Waals surface area contributed by atoms with Gasteiger partial charge in [-0.3, -0.25) is 4.99 Å². The number of hydrogen-bond donors (Lipinski definition) is 0. The molecule has 72 valence electrons. The van der Waals surface area contributed by atoms with Crippen LogP contribution in [0.5, 0.6) is 0 Å². The van der Waals surface area contributed by atoms with Crippen LogP contribution in [0.15, 0.2) is 21.8 Å². The standard InChI is InChI=1S/C11H17NS/c1-2-3-4-5-7-12-9-11-6-8-13-10-11/h6,8-10H,2-5,7H2,1H3. The third-order valence-corrected chi connectivity index (χ3v) is 2.63. The van der Waals surface area contributed by atoms with Crippen molar-refractivity contribution in [1.82, 2.24) is 0 Å². The van der Waals surface area contributed by atoms with Gasteiger partial charge in [-0.05, 0) is 23.2 Å². The Labute approximate surface area is 84.5 Å². The van der Waals surface area contributed by atoms with E-state index in [1.165, 1.54) is 31.2 Å². The lowest BCUT2D eigenvalue weighted by Gasteiger charge is -1.93. The Bertz CT molecular complexity index is 226. The zero-order chi connectivity index (χ0) is 9.36. The smallest absolute Gasteiger partial charge is 0.0389 e. The van der Waals surface area contributed by atoms with Gasteiger partial charge in [0.15, 0.2) is 0 Å². The Morgan fingerprint density at radius 3 is 3.00 bits per heavy atom. The summed E-state index contributed by atoms with van der Waals surface area (Å²) in [5.74, 6) is 0. The summed E-state index contributed by atoms with van der Waals surface area (Å²) in [7, 11) is 0. The molecule has 0 atom stereocenters. The van der Waals surface area contributed by atoms with Crippen molar-refractivity contribution in [2.24, 2.45) is 4.99 Å². The Morgan fingerprint density at radius 2 is 2.31 bits per heavy atom. The second-order valence-electron chi connectivity index (χ2n) is 3.15.